The van der Waals surface area contributed by atoms with E-state index in [-0.39, 0.29) is 32.7 Å². The van der Waals surface area contributed by atoms with Crippen molar-refractivity contribution in [1.82, 2.24) is 0 Å². The molecule has 0 amide bonds. The summed E-state index contributed by atoms with van der Waals surface area (Å²) in [5.74, 6) is -6.09. The minimum Gasteiger partial charge on any atom is -0.490 e. The van der Waals surface area contributed by atoms with Gasteiger partial charge in [-0.15, -0.1) is 0 Å². The van der Waals surface area contributed by atoms with Crippen molar-refractivity contribution in [2.45, 2.75) is 28.6 Å². The molecule has 2 aromatic rings. The lowest BCUT2D eigenvalue weighted by atomic mass is 9.75. The molecule has 2 aliphatic rings. The van der Waals surface area contributed by atoms with E-state index >= 15 is 4.39 Å². The average Bonchev–Trinajstić information content (AvgIpc) is 2.72. The van der Waals surface area contributed by atoms with Crippen LogP contribution in [-0.4, -0.2) is 39.4 Å². The Morgan fingerprint density at radius 1 is 1.03 bits per heavy atom. The molecule has 30 heavy (non-hydrogen) atoms. The van der Waals surface area contributed by atoms with Gasteiger partial charge in [0.25, 0.3) is 0 Å². The lowest BCUT2D eigenvalue weighted by molar-refractivity contribution is -0.0806. The molecule has 1 saturated heterocycles. The van der Waals surface area contributed by atoms with Gasteiger partial charge in [0.1, 0.15) is 10.6 Å². The molecule has 1 fully saturated rings. The van der Waals surface area contributed by atoms with Crippen molar-refractivity contribution in [3.8, 4) is 5.75 Å². The number of halogens is 4. The number of fused-ring (bicyclic) bond motifs is 3. The second-order valence-electron chi connectivity index (χ2n) is 7.29. The Morgan fingerprint density at radius 2 is 1.73 bits per heavy atom. The zero-order valence-electron chi connectivity index (χ0n) is 15.6. The van der Waals surface area contributed by atoms with Gasteiger partial charge in [0.15, 0.2) is 33.0 Å². The third-order valence-corrected chi connectivity index (χ3v) is 8.38. The maximum Gasteiger partial charge on any atom is 0.189 e. The zero-order chi connectivity index (χ0) is 21.7. The van der Waals surface area contributed by atoms with Crippen molar-refractivity contribution in [2.75, 3.05) is 19.8 Å². The standard InChI is InChI=1S/C20H18F4O5S/c21-13-2-1-11(9-16(13)24)30(26,27)20-6-8-28-17(5-7-25)12(20)10-29-19-15(23)4-3-14(22)18(19)20/h1-4,9,12,17,25H,5-8,10H2/t12-,17-,20-/m0/s1. The molecule has 1 N–H and O–H groups in total. The van der Waals surface area contributed by atoms with Crippen LogP contribution in [0.1, 0.15) is 18.4 Å². The van der Waals surface area contributed by atoms with Crippen LogP contribution < -0.4 is 4.74 Å². The molecule has 0 spiro atoms. The van der Waals surface area contributed by atoms with Crippen LogP contribution in [0.4, 0.5) is 17.6 Å². The number of aliphatic hydroxyl groups excluding tert-OH is 1. The first-order valence-corrected chi connectivity index (χ1v) is 10.8. The van der Waals surface area contributed by atoms with E-state index in [1.807, 2.05) is 0 Å². The Labute approximate surface area is 170 Å². The molecule has 10 heteroatoms. The third kappa shape index (κ3) is 2.92. The Balaban J connectivity index is 2.03. The molecule has 0 bridgehead atoms. The van der Waals surface area contributed by atoms with Gasteiger partial charge in [-0.3, -0.25) is 0 Å². The quantitative estimate of drug-likeness (QED) is 0.577. The third-order valence-electron chi connectivity index (χ3n) is 5.84. The van der Waals surface area contributed by atoms with Crippen molar-refractivity contribution in [3.05, 3.63) is 59.2 Å². The molecule has 4 rings (SSSR count). The Hall–Kier alpha value is -2.17. The van der Waals surface area contributed by atoms with Crippen LogP contribution in [0.5, 0.6) is 5.75 Å². The van der Waals surface area contributed by atoms with E-state index in [2.05, 4.69) is 0 Å². The number of sulfone groups is 1. The minimum atomic E-state index is -4.58. The molecule has 0 aromatic heterocycles. The molecule has 3 atom stereocenters. The lowest BCUT2D eigenvalue weighted by Gasteiger charge is -2.50. The molecule has 2 aromatic carbocycles. The summed E-state index contributed by atoms with van der Waals surface area (Å²) < 4.78 is 93.4. The molecule has 2 heterocycles. The van der Waals surface area contributed by atoms with E-state index in [0.29, 0.717) is 12.1 Å². The zero-order valence-corrected chi connectivity index (χ0v) is 16.4. The summed E-state index contributed by atoms with van der Waals surface area (Å²) in [5, 5.41) is 9.38. The fourth-order valence-corrected chi connectivity index (χ4v) is 6.85. The molecular formula is C20H18F4O5S. The van der Waals surface area contributed by atoms with E-state index < -0.39 is 66.1 Å². The number of hydrogen-bond acceptors (Lipinski definition) is 5. The lowest BCUT2D eigenvalue weighted by Crippen LogP contribution is -2.57. The first-order valence-electron chi connectivity index (χ1n) is 9.27. The fraction of sp³-hybridized carbons (Fsp3) is 0.400. The highest BCUT2D eigenvalue weighted by molar-refractivity contribution is 7.92. The summed E-state index contributed by atoms with van der Waals surface area (Å²) in [4.78, 5) is -0.562. The van der Waals surface area contributed by atoms with Crippen molar-refractivity contribution in [2.24, 2.45) is 5.92 Å². The molecule has 0 saturated carbocycles. The summed E-state index contributed by atoms with van der Waals surface area (Å²) in [6.07, 6.45) is -1.05. The van der Waals surface area contributed by atoms with Gasteiger partial charge in [-0.2, -0.15) is 0 Å². The molecule has 2 aliphatic heterocycles. The van der Waals surface area contributed by atoms with Crippen LogP contribution in [0.2, 0.25) is 0 Å². The number of aliphatic hydroxyl groups is 1. The summed E-state index contributed by atoms with van der Waals surface area (Å²) in [6.45, 7) is -0.776. The van der Waals surface area contributed by atoms with E-state index in [1.54, 1.807) is 0 Å². The highest BCUT2D eigenvalue weighted by atomic mass is 32.2. The van der Waals surface area contributed by atoms with Crippen LogP contribution >= 0.6 is 0 Å². The first-order chi connectivity index (χ1) is 14.2. The van der Waals surface area contributed by atoms with Crippen LogP contribution in [-0.2, 0) is 19.3 Å². The Kier molecular flexibility index (Phi) is 5.27. The van der Waals surface area contributed by atoms with Gasteiger partial charge in [-0.1, -0.05) is 0 Å². The van der Waals surface area contributed by atoms with E-state index in [9.17, 15) is 26.7 Å². The van der Waals surface area contributed by atoms with Crippen molar-refractivity contribution in [1.29, 1.82) is 0 Å². The van der Waals surface area contributed by atoms with Gasteiger partial charge in [-0.05, 0) is 43.2 Å². The molecular weight excluding hydrogens is 428 g/mol. The molecule has 0 aliphatic carbocycles. The normalized spacial score (nSPS) is 25.9. The van der Waals surface area contributed by atoms with Gasteiger partial charge in [0.05, 0.1) is 23.2 Å². The van der Waals surface area contributed by atoms with Gasteiger partial charge in [-0.25, -0.2) is 26.0 Å². The molecule has 162 valence electrons. The van der Waals surface area contributed by atoms with E-state index in [1.165, 1.54) is 0 Å². The summed E-state index contributed by atoms with van der Waals surface area (Å²) in [7, 11) is -4.58. The fourth-order valence-electron chi connectivity index (χ4n) is 4.49. The predicted molar refractivity (Wildman–Crippen MR) is 96.6 cm³/mol. The van der Waals surface area contributed by atoms with Crippen molar-refractivity contribution >= 4 is 9.84 Å². The predicted octanol–water partition coefficient (Wildman–Crippen LogP) is 3.09. The van der Waals surface area contributed by atoms with E-state index in [0.717, 1.165) is 18.2 Å². The first kappa shape index (κ1) is 21.1. The number of ether oxygens (including phenoxy) is 2. The van der Waals surface area contributed by atoms with Gasteiger partial charge in [0, 0.05) is 19.1 Å². The van der Waals surface area contributed by atoms with Crippen LogP contribution in [0, 0.1) is 29.2 Å². The van der Waals surface area contributed by atoms with Crippen LogP contribution in [0.3, 0.4) is 0 Å². The highest BCUT2D eigenvalue weighted by Gasteiger charge is 2.61. The maximum absolute atomic E-state index is 15.0. The average molecular weight is 446 g/mol. The molecule has 0 radical (unpaired) electrons. The Bertz CT molecular complexity index is 1090. The molecule has 0 unspecified atom stereocenters. The molecule has 5 nitrogen and oxygen atoms in total. The minimum absolute atomic E-state index is 0.0370. The number of rotatable bonds is 4. The topological polar surface area (TPSA) is 72.8 Å². The summed E-state index contributed by atoms with van der Waals surface area (Å²) in [6, 6.07) is 3.72. The van der Waals surface area contributed by atoms with Crippen molar-refractivity contribution < 1.29 is 40.6 Å². The smallest absolute Gasteiger partial charge is 0.189 e. The van der Waals surface area contributed by atoms with Crippen molar-refractivity contribution in [3.63, 3.8) is 0 Å². The largest absolute Gasteiger partial charge is 0.490 e. The van der Waals surface area contributed by atoms with Gasteiger partial charge in [0.2, 0.25) is 0 Å². The van der Waals surface area contributed by atoms with Gasteiger partial charge >= 0.3 is 0 Å². The highest BCUT2D eigenvalue weighted by Crippen LogP contribution is 2.55. The Morgan fingerprint density at radius 3 is 2.43 bits per heavy atom. The van der Waals surface area contributed by atoms with Gasteiger partial charge < -0.3 is 14.6 Å². The second-order valence-corrected chi connectivity index (χ2v) is 9.50. The monoisotopic (exact) mass is 446 g/mol. The second kappa shape index (κ2) is 7.51. The number of hydrogen-bond donors (Lipinski definition) is 1. The van der Waals surface area contributed by atoms with Crippen LogP contribution in [0.25, 0.3) is 0 Å². The summed E-state index contributed by atoms with van der Waals surface area (Å²) >= 11 is 0. The SMILES string of the molecule is O=S(=O)(c1ccc(F)c(F)c1)[C@@]12CCO[C@@H](CCO)[C@@H]1COc1c(F)ccc(F)c12. The number of benzene rings is 2. The maximum atomic E-state index is 15.0. The van der Waals surface area contributed by atoms with Crippen LogP contribution in [0.15, 0.2) is 35.2 Å². The van der Waals surface area contributed by atoms with E-state index in [4.69, 9.17) is 9.47 Å². The summed E-state index contributed by atoms with van der Waals surface area (Å²) in [5.41, 5.74) is -0.491.